The Balaban J connectivity index is 1.97. The van der Waals surface area contributed by atoms with E-state index in [0.717, 1.165) is 5.69 Å². The van der Waals surface area contributed by atoms with Crippen LogP contribution in [0.15, 0.2) is 36.5 Å². The first-order chi connectivity index (χ1) is 9.06. The smallest absolute Gasteiger partial charge is 0.126 e. The molecule has 19 heavy (non-hydrogen) atoms. The van der Waals surface area contributed by atoms with Gasteiger partial charge in [0.05, 0.1) is 11.8 Å². The van der Waals surface area contributed by atoms with E-state index in [2.05, 4.69) is 5.10 Å². The van der Waals surface area contributed by atoms with E-state index < -0.39 is 6.10 Å². The van der Waals surface area contributed by atoms with Gasteiger partial charge in [0.1, 0.15) is 5.82 Å². The molecule has 0 radical (unpaired) electrons. The Labute approximate surface area is 112 Å². The fraction of sp³-hybridized carbons (Fsp3) is 0.400. The normalized spacial score (nSPS) is 12.9. The van der Waals surface area contributed by atoms with Gasteiger partial charge >= 0.3 is 0 Å². The fourth-order valence-electron chi connectivity index (χ4n) is 2.01. The second-order valence-corrected chi connectivity index (χ2v) is 5.03. The van der Waals surface area contributed by atoms with Gasteiger partial charge in [0, 0.05) is 25.1 Å². The molecule has 3 nitrogen and oxygen atoms in total. The van der Waals surface area contributed by atoms with Crippen LogP contribution in [-0.2, 0) is 12.8 Å². The van der Waals surface area contributed by atoms with Crippen molar-refractivity contribution in [1.29, 1.82) is 0 Å². The van der Waals surface area contributed by atoms with Crippen LogP contribution in [0.2, 0.25) is 0 Å². The molecule has 2 aromatic rings. The van der Waals surface area contributed by atoms with Crippen LogP contribution in [0.5, 0.6) is 0 Å². The molecule has 0 bridgehead atoms. The summed E-state index contributed by atoms with van der Waals surface area (Å²) in [7, 11) is 0. The minimum absolute atomic E-state index is 0.269. The topological polar surface area (TPSA) is 38.0 Å². The average Bonchev–Trinajstić information content (AvgIpc) is 2.80. The van der Waals surface area contributed by atoms with Crippen LogP contribution >= 0.6 is 0 Å². The van der Waals surface area contributed by atoms with Gasteiger partial charge in [0.15, 0.2) is 0 Å². The minimum Gasteiger partial charge on any atom is -0.392 e. The van der Waals surface area contributed by atoms with Gasteiger partial charge in [0.25, 0.3) is 0 Å². The van der Waals surface area contributed by atoms with Gasteiger partial charge in [-0.2, -0.15) is 5.10 Å². The van der Waals surface area contributed by atoms with Crippen LogP contribution in [-0.4, -0.2) is 21.0 Å². The lowest BCUT2D eigenvalue weighted by atomic mass is 10.0. The molecule has 1 aromatic heterocycles. The van der Waals surface area contributed by atoms with Crippen LogP contribution in [0.25, 0.3) is 0 Å². The number of nitrogens with zero attached hydrogens (tertiary/aromatic N) is 2. The molecule has 1 atom stereocenters. The lowest BCUT2D eigenvalue weighted by Gasteiger charge is -2.10. The standard InChI is InChI=1S/C15H19FN2O/c1-11(2)18-8-7-13(17-18)10-14(19)9-12-5-3-4-6-15(12)16/h3-8,11,14,19H,9-10H2,1-2H3. The molecular weight excluding hydrogens is 243 g/mol. The Kier molecular flexibility index (Phi) is 4.32. The van der Waals surface area contributed by atoms with Gasteiger partial charge in [-0.25, -0.2) is 4.39 Å². The number of rotatable bonds is 5. The predicted molar refractivity (Wildman–Crippen MR) is 72.4 cm³/mol. The first kappa shape index (κ1) is 13.7. The molecule has 0 saturated carbocycles. The highest BCUT2D eigenvalue weighted by Crippen LogP contribution is 2.12. The SMILES string of the molecule is CC(C)n1ccc(CC(O)Cc2ccccc2F)n1. The Morgan fingerprint density at radius 3 is 2.58 bits per heavy atom. The van der Waals surface area contributed by atoms with Gasteiger partial charge in [-0.05, 0) is 31.5 Å². The lowest BCUT2D eigenvalue weighted by molar-refractivity contribution is 0.172. The van der Waals surface area contributed by atoms with Crippen molar-refractivity contribution in [1.82, 2.24) is 9.78 Å². The van der Waals surface area contributed by atoms with Crippen LogP contribution < -0.4 is 0 Å². The van der Waals surface area contributed by atoms with E-state index in [4.69, 9.17) is 0 Å². The van der Waals surface area contributed by atoms with Crippen molar-refractivity contribution in [2.24, 2.45) is 0 Å². The summed E-state index contributed by atoms with van der Waals surface area (Å²) < 4.78 is 15.3. The molecule has 0 spiro atoms. The molecule has 1 aromatic carbocycles. The molecule has 0 saturated heterocycles. The van der Waals surface area contributed by atoms with Gasteiger partial charge in [-0.15, -0.1) is 0 Å². The lowest BCUT2D eigenvalue weighted by Crippen LogP contribution is -2.15. The molecule has 1 N–H and O–H groups in total. The van der Waals surface area contributed by atoms with E-state index in [-0.39, 0.29) is 5.82 Å². The highest BCUT2D eigenvalue weighted by Gasteiger charge is 2.12. The number of halogens is 1. The Hall–Kier alpha value is -1.68. The van der Waals surface area contributed by atoms with Crippen molar-refractivity contribution in [3.05, 3.63) is 53.6 Å². The molecule has 1 heterocycles. The Bertz CT molecular complexity index is 536. The third-order valence-electron chi connectivity index (χ3n) is 3.05. The predicted octanol–water partition coefficient (Wildman–Crippen LogP) is 2.75. The van der Waals surface area contributed by atoms with Gasteiger partial charge < -0.3 is 5.11 Å². The molecule has 0 amide bonds. The number of aliphatic hydroxyl groups excluding tert-OH is 1. The van der Waals surface area contributed by atoms with Crippen LogP contribution in [0.1, 0.15) is 31.1 Å². The molecule has 0 aliphatic rings. The molecular formula is C15H19FN2O. The van der Waals surface area contributed by atoms with Crippen LogP contribution in [0.3, 0.4) is 0 Å². The van der Waals surface area contributed by atoms with Crippen molar-refractivity contribution >= 4 is 0 Å². The molecule has 0 aliphatic carbocycles. The second kappa shape index (κ2) is 5.97. The summed E-state index contributed by atoms with van der Waals surface area (Å²) in [6.07, 6.45) is 2.03. The fourth-order valence-corrected chi connectivity index (χ4v) is 2.01. The monoisotopic (exact) mass is 262 g/mol. The molecule has 2 rings (SSSR count). The zero-order valence-corrected chi connectivity index (χ0v) is 11.3. The highest BCUT2D eigenvalue weighted by molar-refractivity contribution is 5.18. The van der Waals surface area contributed by atoms with Gasteiger partial charge in [-0.3, -0.25) is 4.68 Å². The van der Waals surface area contributed by atoms with E-state index in [1.165, 1.54) is 6.07 Å². The largest absolute Gasteiger partial charge is 0.392 e. The first-order valence-electron chi connectivity index (χ1n) is 6.51. The molecule has 0 fully saturated rings. The Morgan fingerprint density at radius 1 is 1.21 bits per heavy atom. The summed E-state index contributed by atoms with van der Waals surface area (Å²) in [5, 5.41) is 14.4. The number of aromatic nitrogens is 2. The summed E-state index contributed by atoms with van der Waals surface area (Å²) in [6.45, 7) is 4.10. The average molecular weight is 262 g/mol. The van der Waals surface area contributed by atoms with Crippen molar-refractivity contribution in [2.75, 3.05) is 0 Å². The third-order valence-corrected chi connectivity index (χ3v) is 3.05. The zero-order chi connectivity index (χ0) is 13.8. The van der Waals surface area contributed by atoms with E-state index in [0.29, 0.717) is 24.4 Å². The number of benzene rings is 1. The van der Waals surface area contributed by atoms with Crippen molar-refractivity contribution in [3.63, 3.8) is 0 Å². The van der Waals surface area contributed by atoms with E-state index in [9.17, 15) is 9.50 Å². The molecule has 1 unspecified atom stereocenters. The maximum absolute atomic E-state index is 13.5. The quantitative estimate of drug-likeness (QED) is 0.899. The first-order valence-corrected chi connectivity index (χ1v) is 6.51. The van der Waals surface area contributed by atoms with Crippen LogP contribution in [0, 0.1) is 5.82 Å². The molecule has 4 heteroatoms. The highest BCUT2D eigenvalue weighted by atomic mass is 19.1. The maximum atomic E-state index is 13.5. The summed E-state index contributed by atoms with van der Waals surface area (Å²) in [5.74, 6) is -0.269. The van der Waals surface area contributed by atoms with Crippen molar-refractivity contribution < 1.29 is 9.50 Å². The van der Waals surface area contributed by atoms with Crippen molar-refractivity contribution in [2.45, 2.75) is 38.8 Å². The summed E-state index contributed by atoms with van der Waals surface area (Å²) in [5.41, 5.74) is 1.37. The third kappa shape index (κ3) is 3.64. The maximum Gasteiger partial charge on any atom is 0.126 e. The Morgan fingerprint density at radius 2 is 1.95 bits per heavy atom. The summed E-state index contributed by atoms with van der Waals surface area (Å²) in [4.78, 5) is 0. The van der Waals surface area contributed by atoms with Crippen LogP contribution in [0.4, 0.5) is 4.39 Å². The molecule has 0 aliphatic heterocycles. The number of hydrogen-bond acceptors (Lipinski definition) is 2. The van der Waals surface area contributed by atoms with Gasteiger partial charge in [-0.1, -0.05) is 18.2 Å². The minimum atomic E-state index is -0.618. The van der Waals surface area contributed by atoms with E-state index in [1.54, 1.807) is 18.2 Å². The van der Waals surface area contributed by atoms with E-state index in [1.807, 2.05) is 30.8 Å². The second-order valence-electron chi connectivity index (χ2n) is 5.03. The van der Waals surface area contributed by atoms with E-state index >= 15 is 0 Å². The summed E-state index contributed by atoms with van der Waals surface area (Å²) >= 11 is 0. The van der Waals surface area contributed by atoms with Crippen molar-refractivity contribution in [3.8, 4) is 0 Å². The zero-order valence-electron chi connectivity index (χ0n) is 11.3. The van der Waals surface area contributed by atoms with Gasteiger partial charge in [0.2, 0.25) is 0 Å². The number of hydrogen-bond donors (Lipinski definition) is 1. The molecule has 102 valence electrons. The summed E-state index contributed by atoms with van der Waals surface area (Å²) in [6, 6.07) is 8.73. The number of aliphatic hydroxyl groups is 1.